The molecule has 2 rings (SSSR count). The Morgan fingerprint density at radius 3 is 2.56 bits per heavy atom. The molecule has 0 aromatic heterocycles. The van der Waals surface area contributed by atoms with Gasteiger partial charge in [-0.2, -0.15) is 0 Å². The fraction of sp³-hybridized carbons (Fsp3) is 0.533. The van der Waals surface area contributed by atoms with Crippen LogP contribution in [0.5, 0.6) is 0 Å². The molecule has 1 aliphatic rings. The fourth-order valence-corrected chi connectivity index (χ4v) is 2.63. The lowest BCUT2D eigenvalue weighted by atomic mass is 10.1. The summed E-state index contributed by atoms with van der Waals surface area (Å²) in [5.41, 5.74) is 0.828. The molecule has 1 aromatic carbocycles. The van der Waals surface area contributed by atoms with Gasteiger partial charge in [0, 0.05) is 6.54 Å². The van der Waals surface area contributed by atoms with Gasteiger partial charge in [-0.25, -0.2) is 0 Å². The number of carbonyl (C=O) groups excluding carboxylic acids is 1. The molecule has 3 heteroatoms. The van der Waals surface area contributed by atoms with Crippen LogP contribution >= 0.6 is 0 Å². The lowest BCUT2D eigenvalue weighted by molar-refractivity contribution is -0.151. The molecule has 3 nitrogen and oxygen atoms in total. The molecule has 0 aliphatic heterocycles. The number of nitrogens with zero attached hydrogens (tertiary/aromatic N) is 1. The topological polar surface area (TPSA) is 29.5 Å². The zero-order valence-corrected chi connectivity index (χ0v) is 11.3. The minimum atomic E-state index is -0.397. The molecule has 0 spiro atoms. The first-order chi connectivity index (χ1) is 8.61. The average molecular weight is 247 g/mol. The van der Waals surface area contributed by atoms with Crippen LogP contribution in [0.25, 0.3) is 0 Å². The molecule has 18 heavy (non-hydrogen) atoms. The summed E-state index contributed by atoms with van der Waals surface area (Å²) in [5.74, 6) is 0.307. The van der Waals surface area contributed by atoms with E-state index in [9.17, 15) is 4.79 Å². The van der Waals surface area contributed by atoms with E-state index in [1.54, 1.807) is 0 Å². The van der Waals surface area contributed by atoms with Crippen LogP contribution in [0.15, 0.2) is 30.3 Å². The molecular formula is C15H21NO2. The van der Waals surface area contributed by atoms with E-state index < -0.39 is 5.54 Å². The normalized spacial score (nSPS) is 26.1. The van der Waals surface area contributed by atoms with Gasteiger partial charge in [-0.1, -0.05) is 37.3 Å². The number of esters is 1. The third-order valence-electron chi connectivity index (χ3n) is 3.85. The van der Waals surface area contributed by atoms with Gasteiger partial charge in [0.1, 0.15) is 5.54 Å². The highest BCUT2D eigenvalue weighted by atomic mass is 16.5. The van der Waals surface area contributed by atoms with Crippen molar-refractivity contribution >= 4 is 5.97 Å². The molecule has 2 atom stereocenters. The highest BCUT2D eigenvalue weighted by Gasteiger charge is 2.61. The summed E-state index contributed by atoms with van der Waals surface area (Å²) < 4.78 is 5.22. The van der Waals surface area contributed by atoms with Crippen LogP contribution in [0.4, 0.5) is 0 Å². The lowest BCUT2D eigenvalue weighted by Gasteiger charge is -2.27. The van der Waals surface area contributed by atoms with E-state index >= 15 is 0 Å². The zero-order chi connectivity index (χ0) is 13.2. The van der Waals surface area contributed by atoms with E-state index in [-0.39, 0.29) is 5.97 Å². The van der Waals surface area contributed by atoms with Crippen molar-refractivity contribution in [3.63, 3.8) is 0 Å². The van der Waals surface area contributed by atoms with E-state index in [1.807, 2.05) is 32.2 Å². The molecule has 0 amide bonds. The smallest absolute Gasteiger partial charge is 0.326 e. The molecule has 1 aromatic rings. The van der Waals surface area contributed by atoms with E-state index in [1.165, 1.54) is 5.56 Å². The van der Waals surface area contributed by atoms with Crippen LogP contribution in [0.3, 0.4) is 0 Å². The molecule has 0 heterocycles. The van der Waals surface area contributed by atoms with Crippen LogP contribution in [0.1, 0.15) is 25.8 Å². The van der Waals surface area contributed by atoms with Crippen LogP contribution in [0.2, 0.25) is 0 Å². The Bertz CT molecular complexity index is 418. The number of hydrogen-bond donors (Lipinski definition) is 0. The number of ether oxygens (including phenoxy) is 1. The molecule has 0 bridgehead atoms. The monoisotopic (exact) mass is 247 g/mol. The van der Waals surface area contributed by atoms with Gasteiger partial charge in [-0.3, -0.25) is 9.69 Å². The summed E-state index contributed by atoms with van der Waals surface area (Å²) in [7, 11) is 2.01. The third-order valence-corrected chi connectivity index (χ3v) is 3.85. The van der Waals surface area contributed by atoms with E-state index in [2.05, 4.69) is 24.0 Å². The van der Waals surface area contributed by atoms with Crippen LogP contribution in [0, 0.1) is 5.92 Å². The molecule has 0 saturated heterocycles. The summed E-state index contributed by atoms with van der Waals surface area (Å²) in [4.78, 5) is 14.2. The first-order valence-electron chi connectivity index (χ1n) is 6.53. The second-order valence-corrected chi connectivity index (χ2v) is 5.09. The predicted octanol–water partition coefficient (Wildman–Crippen LogP) is 2.46. The van der Waals surface area contributed by atoms with E-state index in [0.717, 1.165) is 13.0 Å². The lowest BCUT2D eigenvalue weighted by Crippen LogP contribution is -2.43. The van der Waals surface area contributed by atoms with E-state index in [4.69, 9.17) is 4.74 Å². The van der Waals surface area contributed by atoms with Gasteiger partial charge in [0.05, 0.1) is 6.61 Å². The number of benzene rings is 1. The standard InChI is InChI=1S/C15H21NO2/c1-4-18-14(17)15(10-12(15)2)16(3)11-13-8-6-5-7-9-13/h5-9,12H,4,10-11H2,1-3H3/t12-,15-/m0/s1. The minimum absolute atomic E-state index is 0.0732. The van der Waals surface area contributed by atoms with Gasteiger partial charge in [0.25, 0.3) is 0 Å². The molecule has 0 unspecified atom stereocenters. The average Bonchev–Trinajstić information content (AvgIpc) is 3.04. The van der Waals surface area contributed by atoms with Crippen molar-refractivity contribution < 1.29 is 9.53 Å². The Labute approximate surface area is 109 Å². The number of likely N-dealkylation sites (N-methyl/N-ethyl adjacent to an activating group) is 1. The van der Waals surface area contributed by atoms with Crippen molar-refractivity contribution in [3.05, 3.63) is 35.9 Å². The van der Waals surface area contributed by atoms with Gasteiger partial charge in [-0.15, -0.1) is 0 Å². The highest BCUT2D eigenvalue weighted by Crippen LogP contribution is 2.49. The van der Waals surface area contributed by atoms with Gasteiger partial charge < -0.3 is 4.74 Å². The van der Waals surface area contributed by atoms with Crippen molar-refractivity contribution in [1.29, 1.82) is 0 Å². The van der Waals surface area contributed by atoms with Gasteiger partial charge in [0.2, 0.25) is 0 Å². The summed E-state index contributed by atoms with van der Waals surface area (Å²) >= 11 is 0. The maximum absolute atomic E-state index is 12.1. The zero-order valence-electron chi connectivity index (χ0n) is 11.3. The first-order valence-corrected chi connectivity index (χ1v) is 6.53. The van der Waals surface area contributed by atoms with Crippen LogP contribution < -0.4 is 0 Å². The van der Waals surface area contributed by atoms with Gasteiger partial charge in [-0.05, 0) is 31.9 Å². The summed E-state index contributed by atoms with van der Waals surface area (Å²) in [6.07, 6.45) is 0.898. The van der Waals surface area contributed by atoms with Crippen molar-refractivity contribution in [3.8, 4) is 0 Å². The van der Waals surface area contributed by atoms with Crippen LogP contribution in [-0.2, 0) is 16.1 Å². The number of carbonyl (C=O) groups is 1. The van der Waals surface area contributed by atoms with E-state index in [0.29, 0.717) is 12.5 Å². The minimum Gasteiger partial charge on any atom is -0.465 e. The molecule has 1 saturated carbocycles. The Morgan fingerprint density at radius 2 is 2.06 bits per heavy atom. The Balaban J connectivity index is 2.07. The highest BCUT2D eigenvalue weighted by molar-refractivity contribution is 5.85. The summed E-state index contributed by atoms with van der Waals surface area (Å²) in [5, 5.41) is 0. The SMILES string of the molecule is CCOC(=O)[C@]1(N(C)Cc2ccccc2)C[C@@H]1C. The van der Waals surface area contributed by atoms with Gasteiger partial charge in [0.15, 0.2) is 0 Å². The maximum atomic E-state index is 12.1. The van der Waals surface area contributed by atoms with Crippen LogP contribution in [-0.4, -0.2) is 30.1 Å². The molecule has 98 valence electrons. The maximum Gasteiger partial charge on any atom is 0.326 e. The largest absolute Gasteiger partial charge is 0.465 e. The Kier molecular flexibility index (Phi) is 3.71. The Morgan fingerprint density at radius 1 is 1.44 bits per heavy atom. The molecule has 0 radical (unpaired) electrons. The van der Waals surface area contributed by atoms with Crippen molar-refractivity contribution in [2.75, 3.05) is 13.7 Å². The Hall–Kier alpha value is -1.35. The second kappa shape index (κ2) is 5.11. The number of rotatable bonds is 5. The summed E-state index contributed by atoms with van der Waals surface area (Å²) in [6.45, 7) is 5.20. The van der Waals surface area contributed by atoms with Gasteiger partial charge >= 0.3 is 5.97 Å². The fourth-order valence-electron chi connectivity index (χ4n) is 2.63. The second-order valence-electron chi connectivity index (χ2n) is 5.09. The third kappa shape index (κ3) is 2.27. The molecule has 1 aliphatic carbocycles. The predicted molar refractivity (Wildman–Crippen MR) is 71.1 cm³/mol. The van der Waals surface area contributed by atoms with Crippen molar-refractivity contribution in [2.45, 2.75) is 32.4 Å². The molecule has 1 fully saturated rings. The molecule has 0 N–H and O–H groups in total. The quantitative estimate of drug-likeness (QED) is 0.749. The molecular weight excluding hydrogens is 226 g/mol. The first kappa shape index (κ1) is 13.1. The number of hydrogen-bond acceptors (Lipinski definition) is 3. The summed E-state index contributed by atoms with van der Waals surface area (Å²) in [6, 6.07) is 10.2. The van der Waals surface area contributed by atoms with Crippen molar-refractivity contribution in [2.24, 2.45) is 5.92 Å². The van der Waals surface area contributed by atoms with Crippen molar-refractivity contribution in [1.82, 2.24) is 4.90 Å².